The number of halogens is 2. The van der Waals surface area contributed by atoms with Crippen molar-refractivity contribution in [1.29, 1.82) is 0 Å². The molecule has 0 aliphatic carbocycles. The van der Waals surface area contributed by atoms with E-state index in [0.29, 0.717) is 48.4 Å². The minimum atomic E-state index is -0.995. The number of nitrogens with zero attached hydrogens (tertiary/aromatic N) is 5. The minimum absolute atomic E-state index is 0.116. The molecule has 5 heterocycles. The van der Waals surface area contributed by atoms with E-state index in [1.807, 2.05) is 61.6 Å². The van der Waals surface area contributed by atoms with Crippen LogP contribution in [0.25, 0.3) is 32.9 Å². The summed E-state index contributed by atoms with van der Waals surface area (Å²) >= 11 is 13.7. The minimum Gasteiger partial charge on any atom is -0.494 e. The molecular weight excluding hydrogens is 749 g/mol. The first-order chi connectivity index (χ1) is 26.8. The molecule has 10 nitrogen and oxygen atoms in total. The number of carboxylic acids is 1. The van der Waals surface area contributed by atoms with Gasteiger partial charge in [-0.2, -0.15) is 5.10 Å². The third-order valence-electron chi connectivity index (χ3n) is 11.8. The number of fused-ring (bicyclic) bond motifs is 4. The van der Waals surface area contributed by atoms with Crippen LogP contribution in [0.5, 0.6) is 5.75 Å². The van der Waals surface area contributed by atoms with E-state index in [2.05, 4.69) is 29.2 Å². The van der Waals surface area contributed by atoms with Gasteiger partial charge in [-0.15, -0.1) is 0 Å². The summed E-state index contributed by atoms with van der Waals surface area (Å²) in [5, 5.41) is 17.9. The predicted octanol–water partition coefficient (Wildman–Crippen LogP) is 9.89. The van der Waals surface area contributed by atoms with Crippen molar-refractivity contribution in [3.63, 3.8) is 0 Å². The van der Waals surface area contributed by atoms with Crippen LogP contribution in [-0.2, 0) is 24.8 Å². The Balaban J connectivity index is 1.24. The normalized spacial score (nSPS) is 16.3. The molecule has 2 aliphatic heterocycles. The van der Waals surface area contributed by atoms with Gasteiger partial charge < -0.3 is 23.7 Å². The first-order valence-corrected chi connectivity index (χ1v) is 20.1. The molecule has 0 saturated carbocycles. The van der Waals surface area contributed by atoms with Gasteiger partial charge in [-0.05, 0) is 119 Å². The lowest BCUT2D eigenvalue weighted by molar-refractivity contribution is 0.0599. The van der Waals surface area contributed by atoms with Crippen molar-refractivity contribution in [1.82, 2.24) is 18.9 Å². The largest absolute Gasteiger partial charge is 0.494 e. The Bertz CT molecular complexity index is 2520. The molecule has 56 heavy (non-hydrogen) atoms. The molecular formula is C44H47Cl2N5O5. The number of carbonyl (C=O) groups is 2. The van der Waals surface area contributed by atoms with Crippen LogP contribution in [0.15, 0.2) is 48.5 Å². The van der Waals surface area contributed by atoms with Gasteiger partial charge in [0.1, 0.15) is 17.3 Å². The van der Waals surface area contributed by atoms with Crippen LogP contribution in [-0.4, -0.2) is 62.3 Å². The topological polar surface area (TPSA) is 104 Å². The Hall–Kier alpha value is -4.77. The number of aromatic nitrogens is 4. The van der Waals surface area contributed by atoms with E-state index in [9.17, 15) is 9.90 Å². The maximum Gasteiger partial charge on any atom is 0.335 e. The van der Waals surface area contributed by atoms with Crippen LogP contribution in [0, 0.1) is 33.6 Å². The Morgan fingerprint density at radius 1 is 1.00 bits per heavy atom. The van der Waals surface area contributed by atoms with Crippen LogP contribution in [0.1, 0.15) is 81.2 Å². The van der Waals surface area contributed by atoms with E-state index in [-0.39, 0.29) is 17.5 Å². The number of hydrogen-bond acceptors (Lipinski definition) is 5. The van der Waals surface area contributed by atoms with Crippen LogP contribution in [0.3, 0.4) is 0 Å². The van der Waals surface area contributed by atoms with E-state index in [1.165, 1.54) is 0 Å². The maximum atomic E-state index is 15.1. The van der Waals surface area contributed by atoms with E-state index in [1.54, 1.807) is 18.2 Å². The molecule has 2 aliphatic rings. The fourth-order valence-electron chi connectivity index (χ4n) is 8.91. The number of benzene rings is 3. The van der Waals surface area contributed by atoms with Crippen molar-refractivity contribution in [2.75, 3.05) is 31.3 Å². The van der Waals surface area contributed by atoms with Gasteiger partial charge in [-0.1, -0.05) is 35.3 Å². The maximum absolute atomic E-state index is 15.1. The summed E-state index contributed by atoms with van der Waals surface area (Å²) in [4.78, 5) is 28.8. The number of carboxylic acid groups (broad SMARTS) is 1. The van der Waals surface area contributed by atoms with Gasteiger partial charge >= 0.3 is 5.97 Å². The highest BCUT2D eigenvalue weighted by Crippen LogP contribution is 2.45. The van der Waals surface area contributed by atoms with Crippen molar-refractivity contribution in [2.45, 2.75) is 72.9 Å². The molecule has 8 rings (SSSR count). The van der Waals surface area contributed by atoms with E-state index in [0.717, 1.165) is 104 Å². The van der Waals surface area contributed by atoms with Gasteiger partial charge in [0, 0.05) is 72.0 Å². The molecule has 0 bridgehead atoms. The Morgan fingerprint density at radius 2 is 1.73 bits per heavy atom. The van der Waals surface area contributed by atoms with Crippen LogP contribution < -0.4 is 9.64 Å². The zero-order chi connectivity index (χ0) is 39.6. The summed E-state index contributed by atoms with van der Waals surface area (Å²) in [5.41, 5.74) is 9.23. The van der Waals surface area contributed by atoms with E-state index in [4.69, 9.17) is 37.8 Å². The second kappa shape index (κ2) is 15.0. The van der Waals surface area contributed by atoms with Crippen LogP contribution in [0.4, 0.5) is 5.82 Å². The summed E-state index contributed by atoms with van der Waals surface area (Å²) in [7, 11) is 1.88. The average Bonchev–Trinajstić information content (AvgIpc) is 3.78. The van der Waals surface area contributed by atoms with Crippen molar-refractivity contribution in [3.05, 3.63) is 97.9 Å². The zero-order valence-corrected chi connectivity index (χ0v) is 34.2. The first-order valence-electron chi connectivity index (χ1n) is 19.4. The Morgan fingerprint density at radius 3 is 2.45 bits per heavy atom. The van der Waals surface area contributed by atoms with Crippen molar-refractivity contribution < 1.29 is 24.2 Å². The molecule has 3 aromatic heterocycles. The summed E-state index contributed by atoms with van der Waals surface area (Å²) in [6.07, 6.45) is 3.28. The molecule has 1 N–H and O–H groups in total. The molecule has 3 aromatic carbocycles. The third-order valence-corrected chi connectivity index (χ3v) is 12.7. The van der Waals surface area contributed by atoms with Crippen LogP contribution in [0.2, 0.25) is 10.0 Å². The van der Waals surface area contributed by atoms with Gasteiger partial charge in [0.15, 0.2) is 0 Å². The summed E-state index contributed by atoms with van der Waals surface area (Å²) in [5.74, 6) is 0.853. The molecule has 292 valence electrons. The number of aromatic carboxylic acids is 1. The van der Waals surface area contributed by atoms with E-state index >= 15 is 4.79 Å². The number of hydrogen-bond donors (Lipinski definition) is 1. The predicted molar refractivity (Wildman–Crippen MR) is 222 cm³/mol. The highest BCUT2D eigenvalue weighted by Gasteiger charge is 2.38. The second-order valence-electron chi connectivity index (χ2n) is 15.5. The lowest BCUT2D eigenvalue weighted by Gasteiger charge is -2.34. The molecule has 0 unspecified atom stereocenters. The number of amides is 1. The van der Waals surface area contributed by atoms with Gasteiger partial charge in [0.05, 0.1) is 33.9 Å². The van der Waals surface area contributed by atoms with Gasteiger partial charge in [-0.25, -0.2) is 4.79 Å². The molecule has 6 aromatic rings. The fraction of sp³-hybridized carbons (Fsp3) is 0.386. The number of carbonyl (C=O) groups excluding carboxylic acids is 1. The molecule has 1 atom stereocenters. The first kappa shape index (κ1) is 38.1. The monoisotopic (exact) mass is 795 g/mol. The molecule has 1 fully saturated rings. The number of rotatable bonds is 10. The van der Waals surface area contributed by atoms with Crippen LogP contribution >= 0.6 is 23.2 Å². The highest BCUT2D eigenvalue weighted by atomic mass is 35.5. The summed E-state index contributed by atoms with van der Waals surface area (Å²) in [6, 6.07) is 14.8. The number of aryl methyl sites for hydroxylation is 5. The Kier molecular flexibility index (Phi) is 10.2. The van der Waals surface area contributed by atoms with Crippen molar-refractivity contribution >= 4 is 62.7 Å². The molecule has 1 saturated heterocycles. The van der Waals surface area contributed by atoms with Crippen molar-refractivity contribution in [2.24, 2.45) is 13.0 Å². The SMILES string of the molecule is Cc1cc(OCCCc2c3n(c4c(-c5c(C)nn(CC6CCOCC6)c5C)c(Cl)ccc24)[C@H](C)CN(c2cc4ccc(C(=O)O)cc4n2C)C3=O)cc(C)c1Cl. The fourth-order valence-corrected chi connectivity index (χ4v) is 9.27. The lowest BCUT2D eigenvalue weighted by Crippen LogP contribution is -2.43. The average molecular weight is 797 g/mol. The molecule has 1 amide bonds. The second-order valence-corrected chi connectivity index (χ2v) is 16.3. The summed E-state index contributed by atoms with van der Waals surface area (Å²) in [6.45, 7) is 13.5. The summed E-state index contributed by atoms with van der Waals surface area (Å²) < 4.78 is 18.1. The van der Waals surface area contributed by atoms with E-state index < -0.39 is 5.97 Å². The van der Waals surface area contributed by atoms with Gasteiger partial charge in [0.25, 0.3) is 5.91 Å². The molecule has 12 heteroatoms. The third kappa shape index (κ3) is 6.55. The van der Waals surface area contributed by atoms with Gasteiger partial charge in [-0.3, -0.25) is 14.4 Å². The lowest BCUT2D eigenvalue weighted by atomic mass is 9.97. The highest BCUT2D eigenvalue weighted by molar-refractivity contribution is 6.35. The number of anilines is 1. The number of ether oxygens (including phenoxy) is 2. The molecule has 0 spiro atoms. The van der Waals surface area contributed by atoms with Gasteiger partial charge in [0.2, 0.25) is 0 Å². The van der Waals surface area contributed by atoms with Crippen molar-refractivity contribution in [3.8, 4) is 16.9 Å². The molecule has 0 radical (unpaired) electrons. The standard InChI is InChI=1S/C44H47Cl2N5O5/c1-24-18-32(19-25(2)40(24)46)56-15-7-8-33-34-11-12-35(45)39(38-27(4)47-50(28(38)5)23-29-13-16-55-17-14-29)41(34)51-26(3)22-49(43(52)42(33)51)37-21-30-9-10-31(44(53)54)20-36(30)48(37)6/h9-12,18-21,26,29H,7-8,13-17,22-23H2,1-6H3,(H,53,54)/t26-/m1/s1. The Labute approximate surface area is 336 Å². The smallest absolute Gasteiger partial charge is 0.335 e. The zero-order valence-electron chi connectivity index (χ0n) is 32.7. The quantitative estimate of drug-likeness (QED) is 0.139.